The number of carbonyl (C=O) groups is 1. The van der Waals surface area contributed by atoms with Crippen LogP contribution in [0, 0.1) is 5.92 Å². The van der Waals surface area contributed by atoms with Gasteiger partial charge in [-0.25, -0.2) is 0 Å². The molecule has 2 heteroatoms. The third-order valence-electron chi connectivity index (χ3n) is 1.86. The summed E-state index contributed by atoms with van der Waals surface area (Å²) in [6, 6.07) is 0. The number of ketones is 1. The Kier molecular flexibility index (Phi) is 6.54. The maximum atomic E-state index is 11.2. The topological polar surface area (TPSA) is 17.1 Å². The van der Waals surface area contributed by atoms with E-state index in [0.717, 1.165) is 11.7 Å². The van der Waals surface area contributed by atoms with Gasteiger partial charge in [-0.3, -0.25) is 4.79 Å². The Bertz CT molecular complexity index is 132. The van der Waals surface area contributed by atoms with Crippen LogP contribution >= 0.6 is 11.8 Å². The van der Waals surface area contributed by atoms with Crippen LogP contribution in [0.15, 0.2) is 0 Å². The van der Waals surface area contributed by atoms with Crippen LogP contribution in [0.2, 0.25) is 0 Å². The average Bonchev–Trinajstić information content (AvgIpc) is 2.02. The van der Waals surface area contributed by atoms with Gasteiger partial charge in [0.15, 0.2) is 0 Å². The monoisotopic (exact) mass is 188 g/mol. The van der Waals surface area contributed by atoms with Gasteiger partial charge < -0.3 is 0 Å². The Labute approximate surface area is 80.3 Å². The molecule has 0 rings (SSSR count). The van der Waals surface area contributed by atoms with E-state index in [-0.39, 0.29) is 5.25 Å². The lowest BCUT2D eigenvalue weighted by Gasteiger charge is -2.09. The second-order valence-electron chi connectivity index (χ2n) is 3.52. The maximum absolute atomic E-state index is 11.2. The van der Waals surface area contributed by atoms with Gasteiger partial charge in [0, 0.05) is 6.42 Å². The van der Waals surface area contributed by atoms with Crippen LogP contribution in [0.25, 0.3) is 0 Å². The Morgan fingerprint density at radius 2 is 1.92 bits per heavy atom. The summed E-state index contributed by atoms with van der Waals surface area (Å²) in [6.07, 6.45) is 1.89. The number of hydrogen-bond acceptors (Lipinski definition) is 2. The van der Waals surface area contributed by atoms with Crippen LogP contribution < -0.4 is 0 Å². The summed E-state index contributed by atoms with van der Waals surface area (Å²) in [5, 5.41) is 0.203. The predicted octanol–water partition coefficient (Wildman–Crippen LogP) is 3.13. The molecule has 1 atom stereocenters. The second kappa shape index (κ2) is 6.53. The zero-order valence-corrected chi connectivity index (χ0v) is 9.41. The highest BCUT2D eigenvalue weighted by atomic mass is 32.2. The summed E-state index contributed by atoms with van der Waals surface area (Å²) in [7, 11) is 0. The molecule has 1 nitrogen and oxygen atoms in total. The van der Waals surface area contributed by atoms with Crippen molar-refractivity contribution in [3.8, 4) is 0 Å². The fourth-order valence-electron chi connectivity index (χ4n) is 0.861. The summed E-state index contributed by atoms with van der Waals surface area (Å²) in [5.41, 5.74) is 0. The Morgan fingerprint density at radius 1 is 1.33 bits per heavy atom. The van der Waals surface area contributed by atoms with Crippen molar-refractivity contribution in [2.75, 3.05) is 5.75 Å². The van der Waals surface area contributed by atoms with E-state index in [2.05, 4.69) is 13.8 Å². The molecule has 0 aromatic rings. The van der Waals surface area contributed by atoms with E-state index >= 15 is 0 Å². The van der Waals surface area contributed by atoms with Gasteiger partial charge in [-0.1, -0.05) is 20.8 Å². The average molecular weight is 188 g/mol. The van der Waals surface area contributed by atoms with Crippen LogP contribution in [-0.2, 0) is 4.79 Å². The van der Waals surface area contributed by atoms with Gasteiger partial charge in [0.2, 0.25) is 0 Å². The molecule has 0 aliphatic rings. The summed E-state index contributed by atoms with van der Waals surface area (Å²) >= 11 is 1.79. The molecule has 0 heterocycles. The van der Waals surface area contributed by atoms with Crippen molar-refractivity contribution in [2.24, 2.45) is 5.92 Å². The molecule has 0 N–H and O–H groups in total. The molecule has 0 fully saturated rings. The maximum Gasteiger partial charge on any atom is 0.145 e. The Hall–Kier alpha value is 0.0200. The van der Waals surface area contributed by atoms with Gasteiger partial charge in [-0.2, -0.15) is 11.8 Å². The quantitative estimate of drug-likeness (QED) is 0.637. The number of thioether (sulfide) groups is 1. The van der Waals surface area contributed by atoms with E-state index in [1.807, 2.05) is 13.8 Å². The van der Waals surface area contributed by atoms with Crippen LogP contribution in [0.1, 0.15) is 40.5 Å². The molecule has 0 saturated carbocycles. The Balaban J connectivity index is 3.43. The van der Waals surface area contributed by atoms with E-state index in [0.29, 0.717) is 12.2 Å². The molecule has 72 valence electrons. The standard InChI is InChI=1S/C10H20OS/c1-5-10(11)9(4)12-7-6-8(2)3/h8-9H,5-7H2,1-4H3. The van der Waals surface area contributed by atoms with E-state index in [9.17, 15) is 4.79 Å². The lowest BCUT2D eigenvalue weighted by atomic mass is 10.2. The molecule has 0 aliphatic heterocycles. The molecular weight excluding hydrogens is 168 g/mol. The Morgan fingerprint density at radius 3 is 2.33 bits per heavy atom. The predicted molar refractivity (Wildman–Crippen MR) is 56.7 cm³/mol. The van der Waals surface area contributed by atoms with Gasteiger partial charge in [0.05, 0.1) is 5.25 Å². The van der Waals surface area contributed by atoms with Gasteiger partial charge in [0.1, 0.15) is 5.78 Å². The molecule has 0 amide bonds. The lowest BCUT2D eigenvalue weighted by Crippen LogP contribution is -2.12. The fraction of sp³-hybridized carbons (Fsp3) is 0.900. The SMILES string of the molecule is CCC(=O)C(C)SCCC(C)C. The van der Waals surface area contributed by atoms with E-state index in [1.165, 1.54) is 6.42 Å². The first-order valence-electron chi connectivity index (χ1n) is 4.72. The second-order valence-corrected chi connectivity index (χ2v) is 4.96. The summed E-state index contributed by atoms with van der Waals surface area (Å²) in [4.78, 5) is 11.2. The normalized spacial score (nSPS) is 13.4. The third kappa shape index (κ3) is 5.64. The number of Topliss-reactive ketones (excluding diaryl/α,β-unsaturated/α-hetero) is 1. The van der Waals surface area contributed by atoms with Crippen LogP contribution in [0.4, 0.5) is 0 Å². The van der Waals surface area contributed by atoms with E-state index in [4.69, 9.17) is 0 Å². The zero-order valence-electron chi connectivity index (χ0n) is 8.59. The minimum Gasteiger partial charge on any atom is -0.298 e. The fourth-order valence-corrected chi connectivity index (χ4v) is 2.17. The first kappa shape index (κ1) is 12.0. The highest BCUT2D eigenvalue weighted by Crippen LogP contribution is 2.16. The van der Waals surface area contributed by atoms with Crippen molar-refractivity contribution in [3.05, 3.63) is 0 Å². The number of carbonyl (C=O) groups excluding carboxylic acids is 1. The lowest BCUT2D eigenvalue weighted by molar-refractivity contribution is -0.117. The van der Waals surface area contributed by atoms with E-state index in [1.54, 1.807) is 11.8 Å². The highest BCUT2D eigenvalue weighted by Gasteiger charge is 2.10. The first-order chi connectivity index (χ1) is 5.57. The third-order valence-corrected chi connectivity index (χ3v) is 3.10. The van der Waals surface area contributed by atoms with Crippen molar-refractivity contribution in [2.45, 2.75) is 45.8 Å². The molecule has 12 heavy (non-hydrogen) atoms. The largest absolute Gasteiger partial charge is 0.298 e. The molecule has 0 bridgehead atoms. The summed E-state index contributed by atoms with van der Waals surface area (Å²) in [5.74, 6) is 2.25. The van der Waals surface area contributed by atoms with Crippen molar-refractivity contribution in [3.63, 3.8) is 0 Å². The molecule has 0 aromatic carbocycles. The molecule has 0 aromatic heterocycles. The van der Waals surface area contributed by atoms with Crippen LogP contribution in [0.3, 0.4) is 0 Å². The minimum absolute atomic E-state index is 0.203. The molecule has 0 spiro atoms. The molecule has 0 saturated heterocycles. The van der Waals surface area contributed by atoms with Gasteiger partial charge in [0.25, 0.3) is 0 Å². The van der Waals surface area contributed by atoms with Crippen LogP contribution in [0.5, 0.6) is 0 Å². The van der Waals surface area contributed by atoms with Crippen molar-refractivity contribution in [1.82, 2.24) is 0 Å². The summed E-state index contributed by atoms with van der Waals surface area (Å²) in [6.45, 7) is 8.37. The van der Waals surface area contributed by atoms with Crippen LogP contribution in [-0.4, -0.2) is 16.8 Å². The number of hydrogen-bond donors (Lipinski definition) is 0. The highest BCUT2D eigenvalue weighted by molar-refractivity contribution is 8.00. The molecular formula is C10H20OS. The smallest absolute Gasteiger partial charge is 0.145 e. The molecule has 0 radical (unpaired) electrons. The van der Waals surface area contributed by atoms with Crippen molar-refractivity contribution < 1.29 is 4.79 Å². The van der Waals surface area contributed by atoms with Crippen molar-refractivity contribution in [1.29, 1.82) is 0 Å². The molecule has 0 aliphatic carbocycles. The van der Waals surface area contributed by atoms with E-state index < -0.39 is 0 Å². The minimum atomic E-state index is 0.203. The number of rotatable bonds is 6. The van der Waals surface area contributed by atoms with Crippen molar-refractivity contribution >= 4 is 17.5 Å². The van der Waals surface area contributed by atoms with Gasteiger partial charge in [-0.15, -0.1) is 0 Å². The molecule has 1 unspecified atom stereocenters. The van der Waals surface area contributed by atoms with Gasteiger partial charge in [-0.05, 0) is 25.0 Å². The summed E-state index contributed by atoms with van der Waals surface area (Å²) < 4.78 is 0. The zero-order chi connectivity index (χ0) is 9.56. The first-order valence-corrected chi connectivity index (χ1v) is 5.77. The van der Waals surface area contributed by atoms with Gasteiger partial charge >= 0.3 is 0 Å².